The fourth-order valence-corrected chi connectivity index (χ4v) is 3.29. The molecule has 0 saturated heterocycles. The molecule has 2 N–H and O–H groups in total. The highest BCUT2D eigenvalue weighted by Gasteiger charge is 2.19. The van der Waals surface area contributed by atoms with Gasteiger partial charge in [0, 0.05) is 32.5 Å². The first kappa shape index (κ1) is 20.0. The Bertz CT molecular complexity index is 745. The van der Waals surface area contributed by atoms with Gasteiger partial charge in [0.25, 0.3) is 0 Å². The molecule has 0 atom stereocenters. The van der Waals surface area contributed by atoms with Gasteiger partial charge in [-0.05, 0) is 19.4 Å². The van der Waals surface area contributed by atoms with Crippen LogP contribution in [-0.4, -0.2) is 43.3 Å². The van der Waals surface area contributed by atoms with Crippen molar-refractivity contribution in [2.45, 2.75) is 44.4 Å². The van der Waals surface area contributed by atoms with E-state index in [4.69, 9.17) is 5.73 Å². The molecule has 26 heavy (non-hydrogen) atoms. The van der Waals surface area contributed by atoms with Crippen molar-refractivity contribution in [3.63, 3.8) is 0 Å². The highest BCUT2D eigenvalue weighted by atomic mass is 32.2. The summed E-state index contributed by atoms with van der Waals surface area (Å²) in [7, 11) is 1.83. The van der Waals surface area contributed by atoms with E-state index in [2.05, 4.69) is 10.2 Å². The van der Waals surface area contributed by atoms with Crippen molar-refractivity contribution in [2.75, 3.05) is 5.75 Å². The predicted octanol–water partition coefficient (Wildman–Crippen LogP) is 1.76. The summed E-state index contributed by atoms with van der Waals surface area (Å²) in [5.41, 5.74) is 6.27. The lowest BCUT2D eigenvalue weighted by Crippen LogP contribution is -2.37. The minimum atomic E-state index is -0.370. The molecule has 0 aliphatic rings. The van der Waals surface area contributed by atoms with Crippen LogP contribution < -0.4 is 5.73 Å². The zero-order chi connectivity index (χ0) is 19.1. The van der Waals surface area contributed by atoms with Crippen LogP contribution in [0, 0.1) is 0 Å². The molecule has 2 aromatic rings. The molecule has 1 aromatic heterocycles. The van der Waals surface area contributed by atoms with Gasteiger partial charge < -0.3 is 15.2 Å². The van der Waals surface area contributed by atoms with Crippen LogP contribution in [0.4, 0.5) is 0 Å². The Morgan fingerprint density at radius 3 is 2.54 bits per heavy atom. The molecule has 7 nitrogen and oxygen atoms in total. The summed E-state index contributed by atoms with van der Waals surface area (Å²) in [6, 6.07) is 10.0. The Morgan fingerprint density at radius 1 is 1.23 bits per heavy atom. The summed E-state index contributed by atoms with van der Waals surface area (Å²) in [6.07, 6.45) is 0.674. The van der Waals surface area contributed by atoms with Crippen LogP contribution >= 0.6 is 11.8 Å². The monoisotopic (exact) mass is 375 g/mol. The third-order valence-corrected chi connectivity index (χ3v) is 4.99. The van der Waals surface area contributed by atoms with Crippen molar-refractivity contribution < 1.29 is 9.59 Å². The lowest BCUT2D eigenvalue weighted by atomic mass is 10.2. The summed E-state index contributed by atoms with van der Waals surface area (Å²) in [5, 5.41) is 8.83. The fraction of sp³-hybridized carbons (Fsp3) is 0.444. The van der Waals surface area contributed by atoms with E-state index in [1.807, 2.05) is 56.1 Å². The molecule has 1 aromatic carbocycles. The van der Waals surface area contributed by atoms with Gasteiger partial charge in [-0.1, -0.05) is 42.1 Å². The third kappa shape index (κ3) is 5.59. The van der Waals surface area contributed by atoms with Crippen molar-refractivity contribution in [1.82, 2.24) is 19.7 Å². The van der Waals surface area contributed by atoms with E-state index < -0.39 is 0 Å². The quantitative estimate of drug-likeness (QED) is 0.674. The van der Waals surface area contributed by atoms with Crippen molar-refractivity contribution in [1.29, 1.82) is 0 Å². The predicted molar refractivity (Wildman–Crippen MR) is 101 cm³/mol. The number of aryl methyl sites for hydroxylation is 1. The van der Waals surface area contributed by atoms with E-state index in [0.717, 1.165) is 5.56 Å². The summed E-state index contributed by atoms with van der Waals surface area (Å²) in [4.78, 5) is 25.4. The number of benzene rings is 1. The summed E-state index contributed by atoms with van der Waals surface area (Å²) < 4.78 is 1.80. The topological polar surface area (TPSA) is 94.1 Å². The maximum absolute atomic E-state index is 12.7. The molecular weight excluding hydrogens is 350 g/mol. The van der Waals surface area contributed by atoms with Gasteiger partial charge in [0.05, 0.1) is 5.75 Å². The smallest absolute Gasteiger partial charge is 0.233 e. The molecule has 8 heteroatoms. The molecule has 140 valence electrons. The van der Waals surface area contributed by atoms with Crippen molar-refractivity contribution >= 4 is 23.6 Å². The zero-order valence-corrected chi connectivity index (χ0v) is 16.2. The molecule has 0 bridgehead atoms. The number of rotatable bonds is 9. The second-order valence-corrected chi connectivity index (χ2v) is 7.26. The Hall–Kier alpha value is -2.35. The number of carbonyl (C=O) groups excluding carboxylic acids is 2. The van der Waals surface area contributed by atoms with E-state index >= 15 is 0 Å². The summed E-state index contributed by atoms with van der Waals surface area (Å²) >= 11 is 1.35. The number of nitrogens with zero attached hydrogens (tertiary/aromatic N) is 4. The van der Waals surface area contributed by atoms with E-state index in [-0.39, 0.29) is 30.0 Å². The first-order valence-electron chi connectivity index (χ1n) is 8.51. The fourth-order valence-electron chi connectivity index (χ4n) is 2.47. The normalized spacial score (nSPS) is 10.9. The highest BCUT2D eigenvalue weighted by Crippen LogP contribution is 2.18. The van der Waals surface area contributed by atoms with Crippen LogP contribution in [0.1, 0.15) is 31.7 Å². The Morgan fingerprint density at radius 2 is 1.92 bits per heavy atom. The Labute approximate surface area is 158 Å². The maximum atomic E-state index is 12.7. The Kier molecular flexibility index (Phi) is 7.20. The van der Waals surface area contributed by atoms with E-state index in [1.165, 1.54) is 11.8 Å². The van der Waals surface area contributed by atoms with Gasteiger partial charge in [-0.15, -0.1) is 10.2 Å². The van der Waals surface area contributed by atoms with Crippen molar-refractivity contribution in [3.8, 4) is 0 Å². The van der Waals surface area contributed by atoms with Crippen LogP contribution in [0.3, 0.4) is 0 Å². The van der Waals surface area contributed by atoms with Crippen molar-refractivity contribution in [2.24, 2.45) is 12.8 Å². The van der Waals surface area contributed by atoms with E-state index in [9.17, 15) is 9.59 Å². The van der Waals surface area contributed by atoms with Gasteiger partial charge in [-0.25, -0.2) is 0 Å². The molecule has 0 spiro atoms. The number of hydrogen-bond acceptors (Lipinski definition) is 5. The summed E-state index contributed by atoms with van der Waals surface area (Å²) in [5.74, 6) is 0.650. The van der Waals surface area contributed by atoms with Crippen molar-refractivity contribution in [3.05, 3.63) is 41.7 Å². The zero-order valence-electron chi connectivity index (χ0n) is 15.4. The molecule has 0 radical (unpaired) electrons. The molecule has 0 fully saturated rings. The number of amides is 2. The first-order valence-corrected chi connectivity index (χ1v) is 9.49. The molecule has 2 rings (SSSR count). The largest absolute Gasteiger partial charge is 0.370 e. The van der Waals surface area contributed by atoms with Gasteiger partial charge >= 0.3 is 0 Å². The average molecular weight is 375 g/mol. The second-order valence-electron chi connectivity index (χ2n) is 6.31. The maximum Gasteiger partial charge on any atom is 0.233 e. The third-order valence-electron chi connectivity index (χ3n) is 3.98. The van der Waals surface area contributed by atoms with Crippen LogP contribution in [0.15, 0.2) is 35.5 Å². The molecule has 0 aliphatic carbocycles. The first-order chi connectivity index (χ1) is 12.4. The van der Waals surface area contributed by atoms with E-state index in [0.29, 0.717) is 23.9 Å². The molecule has 0 saturated carbocycles. The Balaban J connectivity index is 1.96. The summed E-state index contributed by atoms with van der Waals surface area (Å²) in [6.45, 7) is 4.60. The number of nitrogens with two attached hydrogens (primary N) is 1. The molecular formula is C18H25N5O2S. The molecule has 0 aliphatic heterocycles. The number of aromatic nitrogens is 3. The highest BCUT2D eigenvalue weighted by molar-refractivity contribution is 7.99. The van der Waals surface area contributed by atoms with Crippen LogP contribution in [0.25, 0.3) is 0 Å². The SMILES string of the molecule is CC(C)N(Cc1ccccc1)C(=O)CSc1nnc(CCC(N)=O)n1C. The lowest BCUT2D eigenvalue weighted by molar-refractivity contribution is -0.130. The average Bonchev–Trinajstić information content (AvgIpc) is 2.96. The minimum Gasteiger partial charge on any atom is -0.370 e. The van der Waals surface area contributed by atoms with Gasteiger partial charge in [-0.2, -0.15) is 0 Å². The number of carbonyl (C=O) groups is 2. The van der Waals surface area contributed by atoms with Gasteiger partial charge in [0.1, 0.15) is 5.82 Å². The number of hydrogen-bond donors (Lipinski definition) is 1. The van der Waals surface area contributed by atoms with Crippen LogP contribution in [-0.2, 0) is 29.6 Å². The standard InChI is InChI=1S/C18H25N5O2S/c1-13(2)23(11-14-7-5-4-6-8-14)17(25)12-26-18-21-20-16(22(18)3)10-9-15(19)24/h4-8,13H,9-12H2,1-3H3,(H2,19,24). The van der Waals surface area contributed by atoms with Gasteiger partial charge in [0.15, 0.2) is 5.16 Å². The molecule has 0 unspecified atom stereocenters. The van der Waals surface area contributed by atoms with Crippen LogP contribution in [0.5, 0.6) is 0 Å². The van der Waals surface area contributed by atoms with Crippen LogP contribution in [0.2, 0.25) is 0 Å². The van der Waals surface area contributed by atoms with Gasteiger partial charge in [-0.3, -0.25) is 9.59 Å². The minimum absolute atomic E-state index is 0.0514. The van der Waals surface area contributed by atoms with E-state index in [1.54, 1.807) is 4.57 Å². The lowest BCUT2D eigenvalue weighted by Gasteiger charge is -2.26. The van der Waals surface area contributed by atoms with Gasteiger partial charge in [0.2, 0.25) is 11.8 Å². The second kappa shape index (κ2) is 9.38. The molecule has 2 amide bonds. The molecule has 1 heterocycles. The number of primary amides is 1. The number of thioether (sulfide) groups is 1.